The van der Waals surface area contributed by atoms with Gasteiger partial charge in [0.05, 0.1) is 4.32 Å². The summed E-state index contributed by atoms with van der Waals surface area (Å²) in [6, 6.07) is 2.17. The van der Waals surface area contributed by atoms with Crippen molar-refractivity contribution in [3.8, 4) is 0 Å². The second-order valence-corrected chi connectivity index (χ2v) is 7.93. The number of halogens is 1. The van der Waals surface area contributed by atoms with E-state index >= 15 is 0 Å². The summed E-state index contributed by atoms with van der Waals surface area (Å²) < 4.78 is -0.442. The van der Waals surface area contributed by atoms with Crippen molar-refractivity contribution in [2.24, 2.45) is 0 Å². The summed E-state index contributed by atoms with van der Waals surface area (Å²) in [5, 5.41) is 4.31. The van der Waals surface area contributed by atoms with Gasteiger partial charge >= 0.3 is 0 Å². The monoisotopic (exact) mass is 330 g/mol. The lowest BCUT2D eigenvalue weighted by Crippen LogP contribution is -2.52. The van der Waals surface area contributed by atoms with E-state index in [-0.39, 0.29) is 5.91 Å². The molecule has 0 unspecified atom stereocenters. The Morgan fingerprint density at radius 1 is 1.39 bits per heavy atom. The number of hydrogen-bond acceptors (Lipinski definition) is 3. The highest BCUT2D eigenvalue weighted by Gasteiger charge is 2.31. The van der Waals surface area contributed by atoms with Crippen molar-refractivity contribution in [3.63, 3.8) is 0 Å². The molecule has 0 atom stereocenters. The fraction of sp³-hybridized carbons (Fsp3) is 0.615. The summed E-state index contributed by atoms with van der Waals surface area (Å²) in [6.07, 6.45) is 0. The van der Waals surface area contributed by atoms with Gasteiger partial charge in [-0.05, 0) is 36.2 Å². The quantitative estimate of drug-likeness (QED) is 0.795. The minimum atomic E-state index is -0.442. The molecule has 2 heterocycles. The van der Waals surface area contributed by atoms with Crippen LogP contribution in [0, 0.1) is 0 Å². The molecule has 0 aromatic carbocycles. The average molecular weight is 331 g/mol. The summed E-state index contributed by atoms with van der Waals surface area (Å²) in [4.78, 5) is 16.5. The predicted octanol–water partition coefficient (Wildman–Crippen LogP) is 2.57. The normalized spacial score (nSPS) is 18.1. The van der Waals surface area contributed by atoms with Gasteiger partial charge in [-0.15, -0.1) is 0 Å². The molecule has 1 amide bonds. The summed E-state index contributed by atoms with van der Waals surface area (Å²) in [5.41, 5.74) is 1.38. The Kier molecular flexibility index (Phi) is 4.45. The molecular weight excluding hydrogens is 312 g/mol. The first-order valence-corrected chi connectivity index (χ1v) is 7.92. The Bertz CT molecular complexity index is 392. The number of nitrogens with zero attached hydrogens (tertiary/aromatic N) is 2. The number of alkyl halides is 1. The van der Waals surface area contributed by atoms with E-state index in [1.54, 1.807) is 11.3 Å². The fourth-order valence-corrected chi connectivity index (χ4v) is 3.04. The van der Waals surface area contributed by atoms with E-state index in [2.05, 4.69) is 37.7 Å². The lowest BCUT2D eigenvalue weighted by molar-refractivity contribution is -0.134. The van der Waals surface area contributed by atoms with Gasteiger partial charge in [0.2, 0.25) is 5.91 Å². The number of rotatable bonds is 3. The topological polar surface area (TPSA) is 23.6 Å². The molecule has 1 aliphatic rings. The first-order valence-electron chi connectivity index (χ1n) is 6.18. The van der Waals surface area contributed by atoms with E-state index < -0.39 is 4.32 Å². The number of hydrogen-bond donors (Lipinski definition) is 0. The molecule has 1 fully saturated rings. The van der Waals surface area contributed by atoms with Crippen LogP contribution >= 0.6 is 27.3 Å². The first-order chi connectivity index (χ1) is 8.47. The van der Waals surface area contributed by atoms with Crippen LogP contribution in [0.4, 0.5) is 0 Å². The zero-order valence-electron chi connectivity index (χ0n) is 10.9. The third-order valence-corrected chi connectivity index (χ3v) is 4.23. The van der Waals surface area contributed by atoms with E-state index in [1.807, 2.05) is 18.7 Å². The Balaban J connectivity index is 1.83. The molecule has 0 saturated carbocycles. The summed E-state index contributed by atoms with van der Waals surface area (Å²) in [7, 11) is 0. The Hall–Kier alpha value is -0.390. The molecule has 1 aliphatic heterocycles. The number of amides is 1. The van der Waals surface area contributed by atoms with Crippen LogP contribution in [-0.2, 0) is 11.3 Å². The van der Waals surface area contributed by atoms with Gasteiger partial charge < -0.3 is 4.90 Å². The van der Waals surface area contributed by atoms with Gasteiger partial charge in [0.15, 0.2) is 0 Å². The molecular formula is C13H19BrN2OS. The van der Waals surface area contributed by atoms with Crippen molar-refractivity contribution < 1.29 is 4.79 Å². The summed E-state index contributed by atoms with van der Waals surface area (Å²) >= 11 is 5.18. The maximum atomic E-state index is 12.1. The lowest BCUT2D eigenvalue weighted by atomic mass is 10.1. The Morgan fingerprint density at radius 2 is 2.06 bits per heavy atom. The van der Waals surface area contributed by atoms with Gasteiger partial charge in [-0.3, -0.25) is 9.69 Å². The highest BCUT2D eigenvalue weighted by Crippen LogP contribution is 2.20. The van der Waals surface area contributed by atoms with Crippen molar-refractivity contribution in [2.45, 2.75) is 24.7 Å². The minimum Gasteiger partial charge on any atom is -0.339 e. The van der Waals surface area contributed by atoms with Crippen LogP contribution in [0.15, 0.2) is 16.8 Å². The van der Waals surface area contributed by atoms with Crippen LogP contribution in [0.2, 0.25) is 0 Å². The average Bonchev–Trinajstić information content (AvgIpc) is 2.81. The lowest BCUT2D eigenvalue weighted by Gasteiger charge is -2.37. The van der Waals surface area contributed by atoms with Crippen molar-refractivity contribution in [1.82, 2.24) is 9.80 Å². The largest absolute Gasteiger partial charge is 0.339 e. The van der Waals surface area contributed by atoms with E-state index in [1.165, 1.54) is 5.56 Å². The number of carbonyl (C=O) groups is 1. The standard InChI is InChI=1S/C13H19BrN2OS/c1-13(2,14)12(17)16-6-4-15(5-7-16)9-11-3-8-18-10-11/h3,8,10H,4-7,9H2,1-2H3. The molecule has 0 N–H and O–H groups in total. The number of carbonyl (C=O) groups excluding carboxylic acids is 1. The molecule has 3 nitrogen and oxygen atoms in total. The van der Waals surface area contributed by atoms with Crippen LogP contribution in [0.3, 0.4) is 0 Å². The van der Waals surface area contributed by atoms with Crippen LogP contribution in [0.1, 0.15) is 19.4 Å². The smallest absolute Gasteiger partial charge is 0.238 e. The Morgan fingerprint density at radius 3 is 2.56 bits per heavy atom. The van der Waals surface area contributed by atoms with Crippen molar-refractivity contribution in [1.29, 1.82) is 0 Å². The van der Waals surface area contributed by atoms with E-state index in [0.29, 0.717) is 0 Å². The van der Waals surface area contributed by atoms with Crippen LogP contribution in [0.5, 0.6) is 0 Å². The van der Waals surface area contributed by atoms with Gasteiger partial charge in [0, 0.05) is 32.7 Å². The molecule has 100 valence electrons. The molecule has 0 radical (unpaired) electrons. The van der Waals surface area contributed by atoms with Crippen LogP contribution in [0.25, 0.3) is 0 Å². The second-order valence-electron chi connectivity index (χ2n) is 5.17. The molecule has 0 spiro atoms. The number of piperazine rings is 1. The van der Waals surface area contributed by atoms with Crippen molar-refractivity contribution in [3.05, 3.63) is 22.4 Å². The van der Waals surface area contributed by atoms with Gasteiger partial charge in [0.25, 0.3) is 0 Å². The molecule has 0 aliphatic carbocycles. The molecule has 18 heavy (non-hydrogen) atoms. The van der Waals surface area contributed by atoms with Crippen molar-refractivity contribution in [2.75, 3.05) is 26.2 Å². The highest BCUT2D eigenvalue weighted by molar-refractivity contribution is 9.10. The summed E-state index contributed by atoms with van der Waals surface area (Å²) in [6.45, 7) is 8.41. The minimum absolute atomic E-state index is 0.192. The molecule has 1 aromatic rings. The maximum absolute atomic E-state index is 12.1. The molecule has 2 rings (SSSR count). The third kappa shape index (κ3) is 3.56. The Labute approximate surface area is 121 Å². The molecule has 1 saturated heterocycles. The van der Waals surface area contributed by atoms with Crippen LogP contribution < -0.4 is 0 Å². The van der Waals surface area contributed by atoms with Gasteiger partial charge in [0.1, 0.15) is 0 Å². The zero-order chi connectivity index (χ0) is 13.2. The fourth-order valence-electron chi connectivity index (χ4n) is 2.13. The molecule has 0 bridgehead atoms. The first kappa shape index (κ1) is 14.0. The molecule has 5 heteroatoms. The predicted molar refractivity (Wildman–Crippen MR) is 79.2 cm³/mol. The van der Waals surface area contributed by atoms with E-state index in [0.717, 1.165) is 32.7 Å². The SMILES string of the molecule is CC(C)(Br)C(=O)N1CCN(Cc2ccsc2)CC1. The van der Waals surface area contributed by atoms with Crippen molar-refractivity contribution >= 4 is 33.2 Å². The van der Waals surface area contributed by atoms with Gasteiger partial charge in [-0.2, -0.15) is 11.3 Å². The van der Waals surface area contributed by atoms with E-state index in [9.17, 15) is 4.79 Å². The maximum Gasteiger partial charge on any atom is 0.238 e. The highest BCUT2D eigenvalue weighted by atomic mass is 79.9. The van der Waals surface area contributed by atoms with Gasteiger partial charge in [-0.1, -0.05) is 15.9 Å². The zero-order valence-corrected chi connectivity index (χ0v) is 13.3. The van der Waals surface area contributed by atoms with Crippen LogP contribution in [-0.4, -0.2) is 46.2 Å². The van der Waals surface area contributed by atoms with Gasteiger partial charge in [-0.25, -0.2) is 0 Å². The number of thiophene rings is 1. The van der Waals surface area contributed by atoms with E-state index in [4.69, 9.17) is 0 Å². The summed E-state index contributed by atoms with van der Waals surface area (Å²) in [5.74, 6) is 0.192. The third-order valence-electron chi connectivity index (χ3n) is 3.15. The second kappa shape index (κ2) is 5.72. The molecule has 1 aromatic heterocycles.